The first kappa shape index (κ1) is 13.9. The molecule has 0 unspecified atom stereocenters. The van der Waals surface area contributed by atoms with Crippen molar-refractivity contribution in [1.29, 1.82) is 0 Å². The van der Waals surface area contributed by atoms with E-state index in [2.05, 4.69) is 15.9 Å². The summed E-state index contributed by atoms with van der Waals surface area (Å²) in [4.78, 5) is 0. The molecule has 0 bridgehead atoms. The van der Waals surface area contributed by atoms with Crippen LogP contribution in [0.25, 0.3) is 0 Å². The molecular weight excluding hydrogens is 306 g/mol. The molecule has 0 amide bonds. The number of ether oxygens (including phenoxy) is 2. The van der Waals surface area contributed by atoms with Gasteiger partial charge in [0.15, 0.2) is 0 Å². The van der Waals surface area contributed by atoms with E-state index < -0.39 is 0 Å². The highest BCUT2D eigenvalue weighted by molar-refractivity contribution is 9.10. The van der Waals surface area contributed by atoms with Crippen molar-refractivity contribution in [3.8, 4) is 5.75 Å². The molecule has 19 heavy (non-hydrogen) atoms. The van der Waals surface area contributed by atoms with Crippen LogP contribution in [-0.2, 0) is 11.3 Å². The normalized spacial score (nSPS) is 10.4. The van der Waals surface area contributed by atoms with Gasteiger partial charge in [-0.25, -0.2) is 0 Å². The predicted octanol–water partition coefficient (Wildman–Crippen LogP) is 3.63. The van der Waals surface area contributed by atoms with Crippen LogP contribution in [0.4, 0.5) is 5.69 Å². The first-order chi connectivity index (χ1) is 9.24. The minimum absolute atomic E-state index is 0.528. The Morgan fingerprint density at radius 2 is 1.58 bits per heavy atom. The number of nitrogens with two attached hydrogens (primary N) is 1. The Balaban J connectivity index is 1.64. The van der Waals surface area contributed by atoms with Gasteiger partial charge in [-0.05, 0) is 42.0 Å². The molecule has 2 aromatic carbocycles. The Hall–Kier alpha value is -1.52. The number of nitrogen functional groups attached to an aromatic ring is 1. The summed E-state index contributed by atoms with van der Waals surface area (Å²) in [7, 11) is 0. The van der Waals surface area contributed by atoms with Gasteiger partial charge in [0.05, 0.1) is 13.2 Å². The first-order valence-corrected chi connectivity index (χ1v) is 6.84. The maximum absolute atomic E-state index is 5.59. The minimum Gasteiger partial charge on any atom is -0.491 e. The molecule has 0 aliphatic carbocycles. The summed E-state index contributed by atoms with van der Waals surface area (Å²) in [5.74, 6) is 0.807. The molecule has 2 aromatic rings. The molecule has 0 radical (unpaired) electrons. The van der Waals surface area contributed by atoms with E-state index in [1.165, 1.54) is 0 Å². The van der Waals surface area contributed by atoms with Gasteiger partial charge in [-0.2, -0.15) is 0 Å². The molecule has 0 aliphatic rings. The topological polar surface area (TPSA) is 44.5 Å². The second kappa shape index (κ2) is 7.16. The van der Waals surface area contributed by atoms with Gasteiger partial charge in [0.25, 0.3) is 0 Å². The lowest BCUT2D eigenvalue weighted by atomic mass is 10.2. The van der Waals surface area contributed by atoms with E-state index in [4.69, 9.17) is 15.2 Å². The van der Waals surface area contributed by atoms with Crippen LogP contribution >= 0.6 is 15.9 Å². The van der Waals surface area contributed by atoms with Crippen molar-refractivity contribution in [2.75, 3.05) is 18.9 Å². The number of hydrogen-bond acceptors (Lipinski definition) is 3. The smallest absolute Gasteiger partial charge is 0.119 e. The maximum atomic E-state index is 5.59. The fraction of sp³-hybridized carbons (Fsp3) is 0.200. The van der Waals surface area contributed by atoms with Crippen LogP contribution in [0.1, 0.15) is 5.56 Å². The fourth-order valence-corrected chi connectivity index (χ4v) is 1.82. The van der Waals surface area contributed by atoms with Crippen LogP contribution in [0, 0.1) is 0 Å². The molecule has 0 atom stereocenters. The van der Waals surface area contributed by atoms with Crippen molar-refractivity contribution < 1.29 is 9.47 Å². The average molecular weight is 322 g/mol. The number of rotatable bonds is 6. The number of hydrogen-bond donors (Lipinski definition) is 1. The molecule has 3 nitrogen and oxygen atoms in total. The van der Waals surface area contributed by atoms with Crippen molar-refractivity contribution >= 4 is 21.6 Å². The number of anilines is 1. The van der Waals surface area contributed by atoms with Crippen LogP contribution in [0.5, 0.6) is 5.75 Å². The monoisotopic (exact) mass is 321 g/mol. The van der Waals surface area contributed by atoms with Gasteiger partial charge in [-0.3, -0.25) is 0 Å². The lowest BCUT2D eigenvalue weighted by Gasteiger charge is -2.07. The first-order valence-electron chi connectivity index (χ1n) is 6.04. The van der Waals surface area contributed by atoms with Gasteiger partial charge in [0.1, 0.15) is 12.4 Å². The highest BCUT2D eigenvalue weighted by Crippen LogP contribution is 2.13. The number of halogens is 1. The molecule has 4 heteroatoms. The van der Waals surface area contributed by atoms with Gasteiger partial charge in [0, 0.05) is 10.2 Å². The molecule has 0 spiro atoms. The molecule has 2 N–H and O–H groups in total. The molecule has 0 saturated heterocycles. The third-order valence-corrected chi connectivity index (χ3v) is 3.09. The van der Waals surface area contributed by atoms with E-state index in [0.717, 1.165) is 21.5 Å². The standard InChI is InChI=1S/C15H16BrNO2/c16-13-3-1-12(2-4-13)11-18-9-10-19-15-7-5-14(17)6-8-15/h1-8H,9-11,17H2. The molecule has 0 fully saturated rings. The quantitative estimate of drug-likeness (QED) is 0.652. The van der Waals surface area contributed by atoms with Crippen LogP contribution < -0.4 is 10.5 Å². The lowest BCUT2D eigenvalue weighted by molar-refractivity contribution is 0.0889. The van der Waals surface area contributed by atoms with Gasteiger partial charge in [0.2, 0.25) is 0 Å². The Bertz CT molecular complexity index is 449. The van der Waals surface area contributed by atoms with Gasteiger partial charge in [-0.15, -0.1) is 0 Å². The van der Waals surface area contributed by atoms with E-state index >= 15 is 0 Å². The van der Waals surface area contributed by atoms with Gasteiger partial charge >= 0.3 is 0 Å². The van der Waals surface area contributed by atoms with Crippen molar-refractivity contribution in [3.05, 3.63) is 58.6 Å². The second-order valence-corrected chi connectivity index (χ2v) is 5.01. The highest BCUT2D eigenvalue weighted by Gasteiger charge is 1.95. The van der Waals surface area contributed by atoms with Crippen molar-refractivity contribution in [2.24, 2.45) is 0 Å². The maximum Gasteiger partial charge on any atom is 0.119 e. The summed E-state index contributed by atoms with van der Waals surface area (Å²) in [6, 6.07) is 15.4. The zero-order chi connectivity index (χ0) is 13.5. The summed E-state index contributed by atoms with van der Waals surface area (Å²) >= 11 is 3.40. The van der Waals surface area contributed by atoms with E-state index in [-0.39, 0.29) is 0 Å². The van der Waals surface area contributed by atoms with Crippen molar-refractivity contribution in [1.82, 2.24) is 0 Å². The molecule has 100 valence electrons. The SMILES string of the molecule is Nc1ccc(OCCOCc2ccc(Br)cc2)cc1. The van der Waals surface area contributed by atoms with E-state index in [1.54, 1.807) is 0 Å². The minimum atomic E-state index is 0.528. The molecule has 0 aliphatic heterocycles. The summed E-state index contributed by atoms with van der Waals surface area (Å²) in [6.07, 6.45) is 0. The molecule has 0 saturated carbocycles. The molecule has 0 heterocycles. The van der Waals surface area contributed by atoms with E-state index in [0.29, 0.717) is 19.8 Å². The third-order valence-electron chi connectivity index (χ3n) is 2.56. The molecule has 0 aromatic heterocycles. The van der Waals surface area contributed by atoms with Crippen molar-refractivity contribution in [3.63, 3.8) is 0 Å². The third kappa shape index (κ3) is 4.93. The van der Waals surface area contributed by atoms with Gasteiger partial charge < -0.3 is 15.2 Å². The van der Waals surface area contributed by atoms with E-state index in [1.807, 2.05) is 48.5 Å². The highest BCUT2D eigenvalue weighted by atomic mass is 79.9. The van der Waals surface area contributed by atoms with Gasteiger partial charge in [-0.1, -0.05) is 28.1 Å². The van der Waals surface area contributed by atoms with E-state index in [9.17, 15) is 0 Å². The summed E-state index contributed by atoms with van der Waals surface area (Å²) in [6.45, 7) is 1.68. The van der Waals surface area contributed by atoms with Crippen LogP contribution in [0.3, 0.4) is 0 Å². The molecule has 2 rings (SSSR count). The Labute approximate surface area is 121 Å². The second-order valence-electron chi connectivity index (χ2n) is 4.10. The van der Waals surface area contributed by atoms with Crippen LogP contribution in [0.2, 0.25) is 0 Å². The van der Waals surface area contributed by atoms with Crippen molar-refractivity contribution in [2.45, 2.75) is 6.61 Å². The summed E-state index contributed by atoms with van der Waals surface area (Å²) in [5, 5.41) is 0. The summed E-state index contributed by atoms with van der Waals surface area (Å²) in [5.41, 5.74) is 7.48. The predicted molar refractivity (Wildman–Crippen MR) is 80.1 cm³/mol. The van der Waals surface area contributed by atoms with Crippen LogP contribution in [0.15, 0.2) is 53.0 Å². The zero-order valence-electron chi connectivity index (χ0n) is 10.5. The Morgan fingerprint density at radius 3 is 2.26 bits per heavy atom. The Morgan fingerprint density at radius 1 is 0.895 bits per heavy atom. The number of benzene rings is 2. The fourth-order valence-electron chi connectivity index (χ4n) is 1.55. The summed E-state index contributed by atoms with van der Waals surface area (Å²) < 4.78 is 12.1. The largest absolute Gasteiger partial charge is 0.491 e. The Kier molecular flexibility index (Phi) is 5.24. The molecular formula is C15H16BrNO2. The lowest BCUT2D eigenvalue weighted by Crippen LogP contribution is -2.06. The zero-order valence-corrected chi connectivity index (χ0v) is 12.1. The average Bonchev–Trinajstić information content (AvgIpc) is 2.43. The van der Waals surface area contributed by atoms with Crippen LogP contribution in [-0.4, -0.2) is 13.2 Å².